The van der Waals surface area contributed by atoms with E-state index in [4.69, 9.17) is 0 Å². The summed E-state index contributed by atoms with van der Waals surface area (Å²) in [5.41, 5.74) is 0. The summed E-state index contributed by atoms with van der Waals surface area (Å²) >= 11 is 0. The molecule has 0 spiro atoms. The Hall–Kier alpha value is -0.610. The van der Waals surface area contributed by atoms with Gasteiger partial charge >= 0.3 is 5.97 Å². The standard InChI is InChI=1S/C13H25NO3/c1-3-12(13(16)17)14-8-6-4-5-7-11(14)9-10(2)15/h10-12,15H,3-9H2,1-2H3,(H,16,17). The van der Waals surface area contributed by atoms with Gasteiger partial charge in [0.1, 0.15) is 6.04 Å². The second-order valence-corrected chi connectivity index (χ2v) is 5.09. The predicted octanol–water partition coefficient (Wildman–Crippen LogP) is 1.87. The maximum atomic E-state index is 11.3. The van der Waals surface area contributed by atoms with Crippen LogP contribution in [0.3, 0.4) is 0 Å². The second kappa shape index (κ2) is 6.97. The first-order valence-electron chi connectivity index (χ1n) is 6.72. The SMILES string of the molecule is CCC(C(=O)O)N1CCCCCC1CC(C)O. The van der Waals surface area contributed by atoms with Crippen molar-refractivity contribution in [3.63, 3.8) is 0 Å². The molecule has 3 atom stereocenters. The van der Waals surface area contributed by atoms with E-state index < -0.39 is 12.0 Å². The van der Waals surface area contributed by atoms with Crippen LogP contribution >= 0.6 is 0 Å². The summed E-state index contributed by atoms with van der Waals surface area (Å²) in [6.07, 6.45) is 5.35. The average Bonchev–Trinajstić information content (AvgIpc) is 2.44. The van der Waals surface area contributed by atoms with Crippen LogP contribution in [0.5, 0.6) is 0 Å². The van der Waals surface area contributed by atoms with E-state index in [-0.39, 0.29) is 12.1 Å². The van der Waals surface area contributed by atoms with E-state index >= 15 is 0 Å². The Balaban J connectivity index is 2.76. The Labute approximate surface area is 104 Å². The fraction of sp³-hybridized carbons (Fsp3) is 0.923. The third-order valence-corrected chi connectivity index (χ3v) is 3.61. The summed E-state index contributed by atoms with van der Waals surface area (Å²) in [6.45, 7) is 4.55. The van der Waals surface area contributed by atoms with Crippen molar-refractivity contribution in [1.29, 1.82) is 0 Å². The minimum absolute atomic E-state index is 0.221. The van der Waals surface area contributed by atoms with Crippen molar-refractivity contribution >= 4 is 5.97 Å². The number of carbonyl (C=O) groups is 1. The molecule has 3 unspecified atom stereocenters. The summed E-state index contributed by atoms with van der Waals surface area (Å²) in [5.74, 6) is -0.731. The lowest BCUT2D eigenvalue weighted by atomic mass is 10.0. The number of aliphatic carboxylic acids is 1. The van der Waals surface area contributed by atoms with Crippen molar-refractivity contribution in [3.8, 4) is 0 Å². The number of nitrogens with zero attached hydrogens (tertiary/aromatic N) is 1. The molecule has 4 nitrogen and oxygen atoms in total. The van der Waals surface area contributed by atoms with Crippen LogP contribution in [0, 0.1) is 0 Å². The molecule has 100 valence electrons. The van der Waals surface area contributed by atoms with Crippen molar-refractivity contribution in [2.45, 2.75) is 70.6 Å². The summed E-state index contributed by atoms with van der Waals surface area (Å²) in [7, 11) is 0. The molecule has 0 aromatic carbocycles. The van der Waals surface area contributed by atoms with Crippen molar-refractivity contribution in [1.82, 2.24) is 4.90 Å². The highest BCUT2D eigenvalue weighted by atomic mass is 16.4. The summed E-state index contributed by atoms with van der Waals surface area (Å²) < 4.78 is 0. The number of aliphatic hydroxyl groups is 1. The lowest BCUT2D eigenvalue weighted by molar-refractivity contribution is -0.144. The van der Waals surface area contributed by atoms with Crippen molar-refractivity contribution < 1.29 is 15.0 Å². The minimum atomic E-state index is -0.731. The van der Waals surface area contributed by atoms with Crippen molar-refractivity contribution in [2.24, 2.45) is 0 Å². The van der Waals surface area contributed by atoms with E-state index in [9.17, 15) is 15.0 Å². The normalized spacial score (nSPS) is 26.2. The number of aliphatic hydroxyl groups excluding tert-OH is 1. The van der Waals surface area contributed by atoms with E-state index in [0.29, 0.717) is 12.8 Å². The summed E-state index contributed by atoms with van der Waals surface area (Å²) in [5, 5.41) is 18.8. The third-order valence-electron chi connectivity index (χ3n) is 3.61. The van der Waals surface area contributed by atoms with Crippen LogP contribution in [-0.4, -0.2) is 45.8 Å². The maximum absolute atomic E-state index is 11.3. The second-order valence-electron chi connectivity index (χ2n) is 5.09. The molecule has 0 saturated carbocycles. The Morgan fingerprint density at radius 3 is 2.65 bits per heavy atom. The van der Waals surface area contributed by atoms with Crippen LogP contribution in [0.4, 0.5) is 0 Å². The molecule has 1 aliphatic rings. The molecule has 1 heterocycles. The highest BCUT2D eigenvalue weighted by molar-refractivity contribution is 5.73. The van der Waals surface area contributed by atoms with Crippen molar-refractivity contribution in [2.75, 3.05) is 6.54 Å². The van der Waals surface area contributed by atoms with Crippen LogP contribution in [-0.2, 0) is 4.79 Å². The first-order chi connectivity index (χ1) is 8.06. The molecule has 0 amide bonds. The van der Waals surface area contributed by atoms with Crippen LogP contribution < -0.4 is 0 Å². The zero-order valence-corrected chi connectivity index (χ0v) is 10.9. The van der Waals surface area contributed by atoms with E-state index in [1.807, 2.05) is 6.92 Å². The van der Waals surface area contributed by atoms with Crippen LogP contribution in [0.1, 0.15) is 52.4 Å². The Kier molecular flexibility index (Phi) is 5.92. The van der Waals surface area contributed by atoms with E-state index in [1.54, 1.807) is 6.92 Å². The Morgan fingerprint density at radius 1 is 1.41 bits per heavy atom. The summed E-state index contributed by atoms with van der Waals surface area (Å²) in [4.78, 5) is 13.4. The zero-order chi connectivity index (χ0) is 12.8. The fourth-order valence-electron chi connectivity index (χ4n) is 2.81. The molecule has 0 aliphatic carbocycles. The molecule has 1 rings (SSSR count). The maximum Gasteiger partial charge on any atom is 0.320 e. The summed E-state index contributed by atoms with van der Waals surface area (Å²) in [6, 6.07) is -0.171. The lowest BCUT2D eigenvalue weighted by Gasteiger charge is -2.35. The molecule has 1 aliphatic heterocycles. The first kappa shape index (κ1) is 14.5. The molecule has 4 heteroatoms. The molecule has 0 aromatic rings. The van der Waals surface area contributed by atoms with E-state index in [0.717, 1.165) is 25.8 Å². The molecule has 17 heavy (non-hydrogen) atoms. The van der Waals surface area contributed by atoms with Gasteiger partial charge in [-0.2, -0.15) is 0 Å². The number of carboxylic acids is 1. The van der Waals surface area contributed by atoms with Gasteiger partial charge in [-0.1, -0.05) is 19.8 Å². The quantitative estimate of drug-likeness (QED) is 0.774. The molecule has 1 fully saturated rings. The molecule has 2 N–H and O–H groups in total. The monoisotopic (exact) mass is 243 g/mol. The number of carboxylic acid groups (broad SMARTS) is 1. The smallest absolute Gasteiger partial charge is 0.320 e. The molecular formula is C13H25NO3. The van der Waals surface area contributed by atoms with Gasteiger partial charge in [-0.25, -0.2) is 0 Å². The Bertz CT molecular complexity index is 243. The van der Waals surface area contributed by atoms with Crippen LogP contribution in [0.15, 0.2) is 0 Å². The van der Waals surface area contributed by atoms with Crippen LogP contribution in [0.25, 0.3) is 0 Å². The van der Waals surface area contributed by atoms with Gasteiger partial charge in [0.05, 0.1) is 6.10 Å². The largest absolute Gasteiger partial charge is 0.480 e. The molecule has 0 bridgehead atoms. The van der Waals surface area contributed by atoms with Gasteiger partial charge in [0.15, 0.2) is 0 Å². The van der Waals surface area contributed by atoms with Crippen molar-refractivity contribution in [3.05, 3.63) is 0 Å². The highest BCUT2D eigenvalue weighted by Gasteiger charge is 2.31. The van der Waals surface area contributed by atoms with Gasteiger partial charge in [0.25, 0.3) is 0 Å². The number of rotatable bonds is 5. The van der Waals surface area contributed by atoms with E-state index in [2.05, 4.69) is 4.90 Å². The highest BCUT2D eigenvalue weighted by Crippen LogP contribution is 2.24. The first-order valence-corrected chi connectivity index (χ1v) is 6.72. The molecule has 0 aromatic heterocycles. The molecular weight excluding hydrogens is 218 g/mol. The zero-order valence-electron chi connectivity index (χ0n) is 10.9. The lowest BCUT2D eigenvalue weighted by Crippen LogP contribution is -2.47. The van der Waals surface area contributed by atoms with Gasteiger partial charge < -0.3 is 10.2 Å². The van der Waals surface area contributed by atoms with Gasteiger partial charge in [-0.05, 0) is 39.2 Å². The van der Waals surface area contributed by atoms with Gasteiger partial charge in [-0.3, -0.25) is 9.69 Å². The predicted molar refractivity (Wildman–Crippen MR) is 67.0 cm³/mol. The average molecular weight is 243 g/mol. The van der Waals surface area contributed by atoms with Gasteiger partial charge in [0, 0.05) is 6.04 Å². The number of hydrogen-bond acceptors (Lipinski definition) is 3. The fourth-order valence-corrected chi connectivity index (χ4v) is 2.81. The van der Waals surface area contributed by atoms with Gasteiger partial charge in [-0.15, -0.1) is 0 Å². The number of hydrogen-bond donors (Lipinski definition) is 2. The van der Waals surface area contributed by atoms with Crippen LogP contribution in [0.2, 0.25) is 0 Å². The topological polar surface area (TPSA) is 60.8 Å². The van der Waals surface area contributed by atoms with E-state index in [1.165, 1.54) is 6.42 Å². The Morgan fingerprint density at radius 2 is 2.12 bits per heavy atom. The minimum Gasteiger partial charge on any atom is -0.480 e. The molecule has 1 saturated heterocycles. The molecule has 0 radical (unpaired) electrons. The number of likely N-dealkylation sites (tertiary alicyclic amines) is 1. The third kappa shape index (κ3) is 4.28. The van der Waals surface area contributed by atoms with Gasteiger partial charge in [0.2, 0.25) is 0 Å².